The molecule has 0 radical (unpaired) electrons. The number of aromatic hydroxyl groups is 1. The van der Waals surface area contributed by atoms with E-state index in [2.05, 4.69) is 32.9 Å². The molecule has 0 aromatic heterocycles. The number of aliphatic hydroxyl groups excluding tert-OH is 1. The summed E-state index contributed by atoms with van der Waals surface area (Å²) in [5.74, 6) is 0.473. The minimum Gasteiger partial charge on any atom is -0.508 e. The third kappa shape index (κ3) is 9.15. The lowest BCUT2D eigenvalue weighted by Crippen LogP contribution is -2.23. The van der Waals surface area contributed by atoms with Gasteiger partial charge in [-0.3, -0.25) is 0 Å². The van der Waals surface area contributed by atoms with Crippen molar-refractivity contribution in [3.05, 3.63) is 29.3 Å². The lowest BCUT2D eigenvalue weighted by molar-refractivity contribution is 0.105. The maximum absolute atomic E-state index is 10.5. The Bertz CT molecular complexity index is 543. The van der Waals surface area contributed by atoms with Crippen LogP contribution in [0.4, 0.5) is 0 Å². The lowest BCUT2D eigenvalue weighted by Gasteiger charge is -2.30. The molecular formula is C24H44ClNO2. The van der Waals surface area contributed by atoms with Crippen LogP contribution in [0.5, 0.6) is 5.75 Å². The van der Waals surface area contributed by atoms with E-state index in [9.17, 15) is 10.2 Å². The van der Waals surface area contributed by atoms with Gasteiger partial charge in [-0.25, -0.2) is 0 Å². The van der Waals surface area contributed by atoms with Crippen LogP contribution in [0.1, 0.15) is 95.6 Å². The van der Waals surface area contributed by atoms with E-state index in [-0.39, 0.29) is 29.8 Å². The molecule has 1 aromatic carbocycles. The van der Waals surface area contributed by atoms with Gasteiger partial charge in [0, 0.05) is 5.92 Å². The van der Waals surface area contributed by atoms with Crippen LogP contribution in [0.3, 0.4) is 0 Å². The molecule has 28 heavy (non-hydrogen) atoms. The van der Waals surface area contributed by atoms with Crippen molar-refractivity contribution in [3.8, 4) is 5.75 Å². The van der Waals surface area contributed by atoms with Gasteiger partial charge in [-0.15, -0.1) is 12.4 Å². The summed E-state index contributed by atoms with van der Waals surface area (Å²) in [5, 5.41) is 20.8. The average Bonchev–Trinajstić information content (AvgIpc) is 2.59. The Labute approximate surface area is 180 Å². The van der Waals surface area contributed by atoms with Crippen molar-refractivity contribution >= 4 is 12.4 Å². The highest BCUT2D eigenvalue weighted by Gasteiger charge is 2.28. The SMILES string of the molecule is CCCCCCC(C)(C)c1ccc(C2CCCCC2O)c(O)c1.CN(C)C.Cl. The van der Waals surface area contributed by atoms with Gasteiger partial charge in [0.15, 0.2) is 0 Å². The van der Waals surface area contributed by atoms with Crippen molar-refractivity contribution < 1.29 is 10.2 Å². The first-order valence-corrected chi connectivity index (χ1v) is 10.8. The number of phenolic OH excluding ortho intramolecular Hbond substituents is 1. The molecule has 0 spiro atoms. The maximum atomic E-state index is 10.5. The van der Waals surface area contributed by atoms with Gasteiger partial charge in [0.05, 0.1) is 6.10 Å². The quantitative estimate of drug-likeness (QED) is 0.518. The van der Waals surface area contributed by atoms with Crippen LogP contribution in [0.25, 0.3) is 0 Å². The van der Waals surface area contributed by atoms with E-state index in [1.807, 2.05) is 32.1 Å². The number of unbranched alkanes of at least 4 members (excludes halogenated alkanes) is 3. The van der Waals surface area contributed by atoms with E-state index in [0.29, 0.717) is 5.75 Å². The number of phenols is 1. The molecule has 0 amide bonds. The van der Waals surface area contributed by atoms with Crippen LogP contribution in [-0.4, -0.2) is 42.4 Å². The van der Waals surface area contributed by atoms with Gasteiger partial charge in [0.25, 0.3) is 0 Å². The number of rotatable bonds is 7. The van der Waals surface area contributed by atoms with E-state index >= 15 is 0 Å². The second-order valence-corrected chi connectivity index (χ2v) is 9.27. The smallest absolute Gasteiger partial charge is 0.119 e. The summed E-state index contributed by atoms with van der Waals surface area (Å²) in [7, 11) is 6.00. The Balaban J connectivity index is 0.00000133. The zero-order valence-electron chi connectivity index (χ0n) is 19.0. The van der Waals surface area contributed by atoms with Gasteiger partial charge in [0.1, 0.15) is 5.75 Å². The van der Waals surface area contributed by atoms with E-state index in [1.165, 1.54) is 31.2 Å². The predicted molar refractivity (Wildman–Crippen MR) is 124 cm³/mol. The predicted octanol–water partition coefficient (Wildman–Crippen LogP) is 6.26. The fourth-order valence-corrected chi connectivity index (χ4v) is 3.89. The number of aliphatic hydroxyl groups is 1. The molecule has 1 fully saturated rings. The Hall–Kier alpha value is -0.770. The third-order valence-electron chi connectivity index (χ3n) is 5.60. The van der Waals surface area contributed by atoms with Gasteiger partial charge in [-0.2, -0.15) is 0 Å². The van der Waals surface area contributed by atoms with Crippen molar-refractivity contribution in [1.29, 1.82) is 0 Å². The summed E-state index contributed by atoms with van der Waals surface area (Å²) in [6.07, 6.45) is 10.0. The summed E-state index contributed by atoms with van der Waals surface area (Å²) in [5.41, 5.74) is 2.23. The second kappa shape index (κ2) is 13.5. The van der Waals surface area contributed by atoms with Crippen LogP contribution in [0, 0.1) is 0 Å². The molecule has 2 rings (SSSR count). The maximum Gasteiger partial charge on any atom is 0.119 e. The van der Waals surface area contributed by atoms with Crippen LogP contribution in [-0.2, 0) is 5.41 Å². The first kappa shape index (κ1) is 27.2. The van der Waals surface area contributed by atoms with Crippen molar-refractivity contribution in [1.82, 2.24) is 4.90 Å². The molecule has 1 aromatic rings. The number of halogens is 1. The van der Waals surface area contributed by atoms with Crippen LogP contribution in [0.15, 0.2) is 18.2 Å². The highest BCUT2D eigenvalue weighted by molar-refractivity contribution is 5.85. The average molecular weight is 414 g/mol. The molecular weight excluding hydrogens is 370 g/mol. The first-order chi connectivity index (χ1) is 12.7. The van der Waals surface area contributed by atoms with Crippen molar-refractivity contribution in [2.45, 2.75) is 96.0 Å². The summed E-state index contributed by atoms with van der Waals surface area (Å²) < 4.78 is 0. The monoisotopic (exact) mass is 413 g/mol. The number of benzene rings is 1. The normalized spacial score (nSPS) is 19.6. The molecule has 2 atom stereocenters. The van der Waals surface area contributed by atoms with Crippen LogP contribution >= 0.6 is 12.4 Å². The molecule has 2 unspecified atom stereocenters. The minimum absolute atomic E-state index is 0. The lowest BCUT2D eigenvalue weighted by atomic mass is 9.77. The standard InChI is InChI=1S/C21H34O2.C3H9N.ClH/c1-4-5-6-9-14-21(2,3)16-12-13-18(20(23)15-16)17-10-7-8-11-19(17)22;1-4(2)3;/h12-13,15,17,19,22-23H,4-11,14H2,1-3H3;1-3H3;1H. The summed E-state index contributed by atoms with van der Waals surface area (Å²) in [6, 6.07) is 6.16. The molecule has 0 heterocycles. The van der Waals surface area contributed by atoms with Gasteiger partial charge < -0.3 is 15.1 Å². The molecule has 1 aliphatic rings. The van der Waals surface area contributed by atoms with Crippen LogP contribution in [0.2, 0.25) is 0 Å². The van der Waals surface area contributed by atoms with E-state index in [4.69, 9.17) is 0 Å². The van der Waals surface area contributed by atoms with Crippen molar-refractivity contribution in [2.75, 3.05) is 21.1 Å². The molecule has 0 bridgehead atoms. The van der Waals surface area contributed by atoms with E-state index < -0.39 is 0 Å². The van der Waals surface area contributed by atoms with Gasteiger partial charge in [0.2, 0.25) is 0 Å². The fraction of sp³-hybridized carbons (Fsp3) is 0.750. The molecule has 1 saturated carbocycles. The zero-order valence-corrected chi connectivity index (χ0v) is 19.8. The molecule has 0 aliphatic heterocycles. The minimum atomic E-state index is -0.303. The summed E-state index contributed by atoms with van der Waals surface area (Å²) in [6.45, 7) is 6.77. The number of nitrogens with zero attached hydrogens (tertiary/aromatic N) is 1. The van der Waals surface area contributed by atoms with Crippen LogP contribution < -0.4 is 0 Å². The third-order valence-corrected chi connectivity index (χ3v) is 5.60. The molecule has 164 valence electrons. The van der Waals surface area contributed by atoms with Crippen molar-refractivity contribution in [3.63, 3.8) is 0 Å². The zero-order chi connectivity index (χ0) is 20.4. The van der Waals surface area contributed by atoms with Crippen molar-refractivity contribution in [2.24, 2.45) is 0 Å². The Morgan fingerprint density at radius 2 is 1.64 bits per heavy atom. The molecule has 2 N–H and O–H groups in total. The summed E-state index contributed by atoms with van der Waals surface area (Å²) in [4.78, 5) is 2.00. The molecule has 4 heteroatoms. The Morgan fingerprint density at radius 1 is 1.04 bits per heavy atom. The van der Waals surface area contributed by atoms with Gasteiger partial charge >= 0.3 is 0 Å². The highest BCUT2D eigenvalue weighted by Crippen LogP contribution is 2.40. The molecule has 3 nitrogen and oxygen atoms in total. The van der Waals surface area contributed by atoms with Gasteiger partial charge in [-0.05, 0) is 63.0 Å². The van der Waals surface area contributed by atoms with E-state index in [0.717, 1.165) is 37.7 Å². The second-order valence-electron chi connectivity index (χ2n) is 9.27. The number of hydrogen-bond donors (Lipinski definition) is 2. The Kier molecular flexibility index (Phi) is 13.1. The van der Waals surface area contributed by atoms with Gasteiger partial charge in [-0.1, -0.05) is 71.4 Å². The fourth-order valence-electron chi connectivity index (χ4n) is 3.89. The molecule has 0 saturated heterocycles. The van der Waals surface area contributed by atoms with E-state index in [1.54, 1.807) is 0 Å². The Morgan fingerprint density at radius 3 is 2.18 bits per heavy atom. The topological polar surface area (TPSA) is 43.7 Å². The summed E-state index contributed by atoms with van der Waals surface area (Å²) >= 11 is 0. The first-order valence-electron chi connectivity index (χ1n) is 10.8. The molecule has 1 aliphatic carbocycles. The largest absolute Gasteiger partial charge is 0.508 e. The highest BCUT2D eigenvalue weighted by atomic mass is 35.5. The number of hydrogen-bond acceptors (Lipinski definition) is 3.